The molecule has 2 aliphatic rings. The summed E-state index contributed by atoms with van der Waals surface area (Å²) >= 11 is 0. The fraction of sp³-hybridized carbons (Fsp3) is 0.207. The highest BCUT2D eigenvalue weighted by Crippen LogP contribution is 2.46. The van der Waals surface area contributed by atoms with E-state index in [-0.39, 0.29) is 17.3 Å². The molecule has 174 valence electrons. The zero-order chi connectivity index (χ0) is 24.4. The number of rotatable bonds is 6. The van der Waals surface area contributed by atoms with Crippen molar-refractivity contribution in [2.45, 2.75) is 37.6 Å². The molecule has 6 heteroatoms. The van der Waals surface area contributed by atoms with E-state index in [9.17, 15) is 19.7 Å². The van der Waals surface area contributed by atoms with E-state index < -0.39 is 10.5 Å². The van der Waals surface area contributed by atoms with Crippen molar-refractivity contribution in [1.82, 2.24) is 0 Å². The van der Waals surface area contributed by atoms with Gasteiger partial charge in [-0.2, -0.15) is 0 Å². The van der Waals surface area contributed by atoms with Gasteiger partial charge in [-0.1, -0.05) is 79.9 Å². The summed E-state index contributed by atoms with van der Waals surface area (Å²) in [5.41, 5.74) is 2.05. The number of hydrogen-bond donors (Lipinski definition) is 0. The van der Waals surface area contributed by atoms with Gasteiger partial charge >= 0.3 is 0 Å². The number of carbonyl (C=O) groups is 2. The van der Waals surface area contributed by atoms with Crippen LogP contribution < -0.4 is 0 Å². The molecule has 0 atom stereocenters. The smallest absolute Gasteiger partial charge is 0.269 e. The Balaban J connectivity index is 1.73. The lowest BCUT2D eigenvalue weighted by Crippen LogP contribution is -2.34. The first kappa shape index (κ1) is 22.6. The Morgan fingerprint density at radius 1 is 0.743 bits per heavy atom. The van der Waals surface area contributed by atoms with Gasteiger partial charge < -0.3 is 0 Å². The van der Waals surface area contributed by atoms with Crippen molar-refractivity contribution in [3.05, 3.63) is 123 Å². The number of non-ortho nitro benzene ring substituents is 1. The molecule has 1 saturated carbocycles. The molecule has 5 rings (SSSR count). The fourth-order valence-corrected chi connectivity index (χ4v) is 5.14. The molecule has 0 radical (unpaired) electrons. The first-order valence-corrected chi connectivity index (χ1v) is 11.8. The monoisotopic (exact) mass is 464 g/mol. The van der Waals surface area contributed by atoms with Crippen LogP contribution in [0.25, 0.3) is 0 Å². The molecule has 0 amide bonds. The van der Waals surface area contributed by atoms with Crippen molar-refractivity contribution in [1.29, 1.82) is 0 Å². The van der Waals surface area contributed by atoms with Crippen molar-refractivity contribution in [3.8, 4) is 0 Å². The topological polar surface area (TPSA) is 89.6 Å². The lowest BCUT2D eigenvalue weighted by molar-refractivity contribution is -0.384. The molecule has 3 aromatic rings. The van der Waals surface area contributed by atoms with Gasteiger partial charge in [-0.25, -0.2) is 0 Å². The van der Waals surface area contributed by atoms with Crippen LogP contribution in [0.2, 0.25) is 0 Å². The number of nitro benzene ring substituents is 1. The molecule has 0 unspecified atom stereocenters. The molecule has 0 saturated heterocycles. The van der Waals surface area contributed by atoms with Crippen molar-refractivity contribution < 1.29 is 14.5 Å². The molecule has 1 fully saturated rings. The summed E-state index contributed by atoms with van der Waals surface area (Å²) in [7, 11) is 0. The molecule has 35 heavy (non-hydrogen) atoms. The third kappa shape index (κ3) is 4.12. The van der Waals surface area contributed by atoms with Gasteiger partial charge in [0.1, 0.15) is 0 Å². The minimum atomic E-state index is -0.776. The van der Waals surface area contributed by atoms with E-state index in [1.807, 2.05) is 36.4 Å². The molecule has 1 aliphatic heterocycles. The number of allylic oxidation sites excluding steroid dienone is 1. The zero-order valence-corrected chi connectivity index (χ0v) is 19.1. The second-order valence-corrected chi connectivity index (χ2v) is 9.00. The average Bonchev–Trinajstić information content (AvgIpc) is 3.23. The lowest BCUT2D eigenvalue weighted by atomic mass is 9.73. The molecular formula is C29H24N2O4. The third-order valence-corrected chi connectivity index (χ3v) is 6.84. The Morgan fingerprint density at radius 2 is 1.31 bits per heavy atom. The Kier molecular flexibility index (Phi) is 5.95. The van der Waals surface area contributed by atoms with Gasteiger partial charge in [0.2, 0.25) is 0 Å². The van der Waals surface area contributed by atoms with Gasteiger partial charge in [0.05, 0.1) is 21.7 Å². The number of hydrogen-bond acceptors (Lipinski definition) is 5. The van der Waals surface area contributed by atoms with E-state index in [0.29, 0.717) is 40.8 Å². The van der Waals surface area contributed by atoms with Gasteiger partial charge in [0, 0.05) is 34.4 Å². The van der Waals surface area contributed by atoms with Gasteiger partial charge in [-0.3, -0.25) is 24.7 Å². The predicted molar refractivity (Wildman–Crippen MR) is 134 cm³/mol. The normalized spacial score (nSPS) is 16.7. The van der Waals surface area contributed by atoms with Gasteiger partial charge in [-0.15, -0.1) is 0 Å². The van der Waals surface area contributed by atoms with E-state index in [2.05, 4.69) is 0 Å². The number of benzene rings is 3. The first-order valence-electron chi connectivity index (χ1n) is 11.8. The Labute approximate surface area is 203 Å². The molecule has 0 N–H and O–H groups in total. The summed E-state index contributed by atoms with van der Waals surface area (Å²) < 4.78 is 0. The lowest BCUT2D eigenvalue weighted by Gasteiger charge is -2.33. The van der Waals surface area contributed by atoms with Crippen LogP contribution in [0.4, 0.5) is 5.69 Å². The van der Waals surface area contributed by atoms with Gasteiger partial charge in [0.25, 0.3) is 5.69 Å². The van der Waals surface area contributed by atoms with Crippen LogP contribution in [-0.4, -0.2) is 27.7 Å². The summed E-state index contributed by atoms with van der Waals surface area (Å²) in [5.74, 6) is -0.531. The minimum Gasteiger partial charge on any atom is -0.289 e. The first-order chi connectivity index (χ1) is 17.0. The summed E-state index contributed by atoms with van der Waals surface area (Å²) in [4.78, 5) is 43.8. The minimum absolute atomic E-state index is 0.0869. The molecule has 3 aromatic carbocycles. The van der Waals surface area contributed by atoms with Crippen LogP contribution >= 0.6 is 0 Å². The van der Waals surface area contributed by atoms with Crippen LogP contribution in [0.5, 0.6) is 0 Å². The predicted octanol–water partition coefficient (Wildman–Crippen LogP) is 6.16. The van der Waals surface area contributed by atoms with Crippen LogP contribution in [0, 0.1) is 10.1 Å². The number of ketones is 2. The third-order valence-electron chi connectivity index (χ3n) is 6.84. The maximum absolute atomic E-state index is 14.1. The summed E-state index contributed by atoms with van der Waals surface area (Å²) in [6.45, 7) is 0. The molecule has 1 heterocycles. The standard InChI is InChI=1S/C29H24N2O4/c32-27(21-12-6-2-7-13-21)24-25(28(33)22-14-16-23(17-15-22)31(34)35)29(18-8-3-9-19-29)30-26(24)20-10-4-1-5-11-20/h1-2,4-7,10-17H,3,8-9,18-19H2. The van der Waals surface area contributed by atoms with Gasteiger partial charge in [0.15, 0.2) is 11.6 Å². The molecule has 1 aliphatic carbocycles. The maximum Gasteiger partial charge on any atom is 0.269 e. The number of Topliss-reactive ketones (excluding diaryl/α,β-unsaturated/α-hetero) is 2. The van der Waals surface area contributed by atoms with Crippen molar-refractivity contribution in [3.63, 3.8) is 0 Å². The highest BCUT2D eigenvalue weighted by Gasteiger charge is 2.48. The molecule has 6 nitrogen and oxygen atoms in total. The maximum atomic E-state index is 14.1. The fourth-order valence-electron chi connectivity index (χ4n) is 5.14. The molecule has 0 bridgehead atoms. The summed E-state index contributed by atoms with van der Waals surface area (Å²) in [6.07, 6.45) is 4.25. The quantitative estimate of drug-likeness (QED) is 0.248. The number of nitro groups is 1. The summed E-state index contributed by atoms with van der Waals surface area (Å²) in [5, 5.41) is 11.1. The highest BCUT2D eigenvalue weighted by molar-refractivity contribution is 6.38. The Hall–Kier alpha value is -4.19. The molecule has 1 spiro atoms. The van der Waals surface area contributed by atoms with Crippen LogP contribution in [-0.2, 0) is 0 Å². The van der Waals surface area contributed by atoms with Gasteiger partial charge in [-0.05, 0) is 25.0 Å². The van der Waals surface area contributed by atoms with Crippen molar-refractivity contribution >= 4 is 23.0 Å². The Morgan fingerprint density at radius 3 is 1.91 bits per heavy atom. The van der Waals surface area contributed by atoms with E-state index in [0.717, 1.165) is 24.8 Å². The van der Waals surface area contributed by atoms with Crippen molar-refractivity contribution in [2.75, 3.05) is 0 Å². The van der Waals surface area contributed by atoms with Crippen LogP contribution in [0.15, 0.2) is 101 Å². The SMILES string of the molecule is O=C(C1=C(C(=O)c2ccc([N+](=O)[O-])cc2)C2(CCCCC2)N=C1c1ccccc1)c1ccccc1. The average molecular weight is 465 g/mol. The van der Waals surface area contributed by atoms with Crippen molar-refractivity contribution in [2.24, 2.45) is 4.99 Å². The molecular weight excluding hydrogens is 440 g/mol. The Bertz CT molecular complexity index is 1350. The molecule has 0 aromatic heterocycles. The van der Waals surface area contributed by atoms with Crippen LogP contribution in [0.1, 0.15) is 58.4 Å². The second-order valence-electron chi connectivity index (χ2n) is 9.00. The highest BCUT2D eigenvalue weighted by atomic mass is 16.6. The second kappa shape index (κ2) is 9.22. The van der Waals surface area contributed by atoms with E-state index in [4.69, 9.17) is 4.99 Å². The number of nitrogens with zero attached hydrogens (tertiary/aromatic N) is 2. The van der Waals surface area contributed by atoms with E-state index >= 15 is 0 Å². The number of aliphatic imine (C=N–C) groups is 1. The largest absolute Gasteiger partial charge is 0.289 e. The van der Waals surface area contributed by atoms with E-state index in [1.165, 1.54) is 24.3 Å². The van der Waals surface area contributed by atoms with Crippen LogP contribution in [0.3, 0.4) is 0 Å². The van der Waals surface area contributed by atoms with E-state index in [1.54, 1.807) is 24.3 Å². The zero-order valence-electron chi connectivity index (χ0n) is 19.1. The summed E-state index contributed by atoms with van der Waals surface area (Å²) in [6, 6.07) is 24.0. The number of carbonyl (C=O) groups excluding carboxylic acids is 2.